The average Bonchev–Trinajstić information content (AvgIpc) is 3.38. The van der Waals surface area contributed by atoms with Gasteiger partial charge in [-0.2, -0.15) is 0 Å². The molecule has 2 aliphatic heterocycles. The van der Waals surface area contributed by atoms with E-state index in [1.54, 1.807) is 42.5 Å². The number of nitrogens with zero attached hydrogens (tertiary/aromatic N) is 1. The fourth-order valence-corrected chi connectivity index (χ4v) is 5.32. The number of amides is 2. The number of anilines is 1. The minimum Gasteiger partial charge on any atom is -0.486 e. The third-order valence-corrected chi connectivity index (χ3v) is 7.56. The summed E-state index contributed by atoms with van der Waals surface area (Å²) in [6, 6.07) is 8.40. The van der Waals surface area contributed by atoms with Crippen molar-refractivity contribution in [1.29, 1.82) is 0 Å². The van der Waals surface area contributed by atoms with E-state index in [4.69, 9.17) is 9.84 Å². The standard InChI is InChI=1S/C15H14N2O3S.C14H19NO2.CH4O/c1-2-16-15(20)17-14-12(9-19)7-13(21-14)11-5-3-10(8-18)4-6-11;1-4-11-12(16)10-14(17-13(11)5-2)6-8-15(3)9-7-14;1-2/h3-9H,2H2,1H3,(H2,16,17,20);4-5H,1-2,6-10H2,3H3;2H,1H3. The number of ketones is 1. The molecule has 0 unspecified atom stereocenters. The van der Waals surface area contributed by atoms with Gasteiger partial charge in [0.15, 0.2) is 12.1 Å². The highest BCUT2D eigenvalue weighted by atomic mass is 32.1. The van der Waals surface area contributed by atoms with Gasteiger partial charge >= 0.3 is 6.03 Å². The van der Waals surface area contributed by atoms with Gasteiger partial charge in [0, 0.05) is 55.6 Å². The zero-order chi connectivity index (χ0) is 29.7. The second-order valence-electron chi connectivity index (χ2n) is 9.11. The first-order chi connectivity index (χ1) is 19.3. The molecule has 0 aliphatic carbocycles. The minimum absolute atomic E-state index is 0.130. The number of nitrogens with one attached hydrogen (secondary N) is 2. The van der Waals surface area contributed by atoms with Crippen molar-refractivity contribution < 1.29 is 29.0 Å². The van der Waals surface area contributed by atoms with Crippen LogP contribution < -0.4 is 10.6 Å². The number of aldehydes is 2. The van der Waals surface area contributed by atoms with Gasteiger partial charge < -0.3 is 20.1 Å². The molecule has 1 spiro atoms. The Hall–Kier alpha value is -3.86. The number of allylic oxidation sites excluding steroid dienone is 3. The van der Waals surface area contributed by atoms with Crippen molar-refractivity contribution >= 4 is 40.7 Å². The number of hydrogen-bond donors (Lipinski definition) is 3. The summed E-state index contributed by atoms with van der Waals surface area (Å²) in [6.07, 6.45) is 6.95. The maximum absolute atomic E-state index is 12.1. The highest BCUT2D eigenvalue weighted by molar-refractivity contribution is 7.20. The molecule has 10 heteroatoms. The first-order valence-corrected chi connectivity index (χ1v) is 13.6. The van der Waals surface area contributed by atoms with Crippen LogP contribution in [0.4, 0.5) is 9.80 Å². The van der Waals surface area contributed by atoms with Crippen LogP contribution in [-0.4, -0.2) is 73.8 Å². The fourth-order valence-electron chi connectivity index (χ4n) is 4.29. The summed E-state index contributed by atoms with van der Waals surface area (Å²) in [4.78, 5) is 48.5. The molecule has 0 bridgehead atoms. The predicted octanol–water partition coefficient (Wildman–Crippen LogP) is 4.86. The van der Waals surface area contributed by atoms with Gasteiger partial charge in [-0.15, -0.1) is 11.3 Å². The fraction of sp³-hybridized carbons (Fsp3) is 0.333. The lowest BCUT2D eigenvalue weighted by Gasteiger charge is -2.43. The van der Waals surface area contributed by atoms with E-state index in [1.807, 2.05) is 6.92 Å². The normalized spacial score (nSPS) is 15.8. The Labute approximate surface area is 239 Å². The van der Waals surface area contributed by atoms with Crippen LogP contribution in [0.25, 0.3) is 10.4 Å². The topological polar surface area (TPSA) is 125 Å². The number of carbonyl (C=O) groups is 4. The van der Waals surface area contributed by atoms with E-state index < -0.39 is 0 Å². The van der Waals surface area contributed by atoms with E-state index in [0.29, 0.717) is 46.7 Å². The number of hydrogen-bond acceptors (Lipinski definition) is 8. The number of piperidine rings is 1. The SMILES string of the molecule is C=CC1=C(C=C)C(=O)CC2(CCN(C)CC2)O1.CCNC(=O)Nc1sc(-c2ccc(C=O)cc2)cc1C=O.CO. The van der Waals surface area contributed by atoms with Gasteiger partial charge in [-0.1, -0.05) is 43.5 Å². The van der Waals surface area contributed by atoms with Crippen molar-refractivity contribution in [2.75, 3.05) is 39.1 Å². The van der Waals surface area contributed by atoms with Crippen LogP contribution in [0.15, 0.2) is 67.0 Å². The quantitative estimate of drug-likeness (QED) is 0.408. The van der Waals surface area contributed by atoms with Crippen molar-refractivity contribution in [2.24, 2.45) is 0 Å². The third kappa shape index (κ3) is 8.32. The number of urea groups is 1. The summed E-state index contributed by atoms with van der Waals surface area (Å²) in [5, 5.41) is 12.8. The highest BCUT2D eigenvalue weighted by Crippen LogP contribution is 2.38. The Morgan fingerprint density at radius 2 is 1.77 bits per heavy atom. The van der Waals surface area contributed by atoms with Gasteiger partial charge in [-0.05, 0) is 31.7 Å². The van der Waals surface area contributed by atoms with Crippen molar-refractivity contribution in [2.45, 2.75) is 31.8 Å². The average molecular weight is 568 g/mol. The molecule has 3 N–H and O–H groups in total. The molecule has 214 valence electrons. The number of Topliss-reactive ketones (excluding diaryl/α,β-unsaturated/α-hetero) is 1. The van der Waals surface area contributed by atoms with Crippen molar-refractivity contribution in [3.63, 3.8) is 0 Å². The molecule has 0 atom stereocenters. The summed E-state index contributed by atoms with van der Waals surface area (Å²) in [7, 11) is 3.09. The molecule has 1 fully saturated rings. The minimum atomic E-state index is -0.342. The second kappa shape index (κ2) is 15.7. The van der Waals surface area contributed by atoms with Crippen LogP contribution in [0.2, 0.25) is 0 Å². The van der Waals surface area contributed by atoms with Crippen molar-refractivity contribution in [1.82, 2.24) is 10.2 Å². The largest absolute Gasteiger partial charge is 0.486 e. The summed E-state index contributed by atoms with van der Waals surface area (Å²) in [5.41, 5.74) is 2.18. The summed E-state index contributed by atoms with van der Waals surface area (Å²) >= 11 is 1.31. The number of rotatable bonds is 7. The molecule has 1 saturated heterocycles. The number of carbonyl (C=O) groups excluding carboxylic acids is 4. The van der Waals surface area contributed by atoms with Crippen LogP contribution in [0.3, 0.4) is 0 Å². The Kier molecular flexibility index (Phi) is 12.7. The number of aliphatic hydroxyl groups is 1. The Morgan fingerprint density at radius 1 is 1.12 bits per heavy atom. The summed E-state index contributed by atoms with van der Waals surface area (Å²) < 4.78 is 6.03. The molecule has 0 radical (unpaired) electrons. The van der Waals surface area contributed by atoms with Crippen LogP contribution in [0, 0.1) is 0 Å². The smallest absolute Gasteiger partial charge is 0.319 e. The van der Waals surface area contributed by atoms with Gasteiger partial charge in [0.2, 0.25) is 0 Å². The van der Waals surface area contributed by atoms with Gasteiger partial charge in [0.25, 0.3) is 0 Å². The second-order valence-corrected chi connectivity index (χ2v) is 10.2. The molecule has 1 aromatic carbocycles. The molecule has 2 aliphatic rings. The highest BCUT2D eigenvalue weighted by Gasteiger charge is 2.42. The van der Waals surface area contributed by atoms with Gasteiger partial charge in [0.05, 0.1) is 12.0 Å². The van der Waals surface area contributed by atoms with E-state index in [2.05, 4.69) is 35.7 Å². The molecule has 4 rings (SSSR count). The van der Waals surface area contributed by atoms with Crippen LogP contribution in [-0.2, 0) is 9.53 Å². The molecule has 40 heavy (non-hydrogen) atoms. The van der Waals surface area contributed by atoms with E-state index in [-0.39, 0.29) is 17.4 Å². The zero-order valence-electron chi connectivity index (χ0n) is 23.2. The lowest BCUT2D eigenvalue weighted by atomic mass is 9.82. The number of thiophene rings is 1. The number of aliphatic hydroxyl groups excluding tert-OH is 1. The van der Waals surface area contributed by atoms with Crippen LogP contribution in [0.5, 0.6) is 0 Å². The molecule has 3 heterocycles. The molecule has 2 aromatic rings. The van der Waals surface area contributed by atoms with E-state index in [9.17, 15) is 19.2 Å². The number of ether oxygens (including phenoxy) is 1. The summed E-state index contributed by atoms with van der Waals surface area (Å²) in [5.74, 6) is 0.728. The Bertz CT molecular complexity index is 1240. The molecule has 2 amide bonds. The van der Waals surface area contributed by atoms with Crippen LogP contribution in [0.1, 0.15) is 46.9 Å². The molecule has 9 nitrogen and oxygen atoms in total. The molecular weight excluding hydrogens is 530 g/mol. The van der Waals surface area contributed by atoms with Crippen LogP contribution >= 0.6 is 11.3 Å². The molecular formula is C30H37N3O6S. The predicted molar refractivity (Wildman–Crippen MR) is 159 cm³/mol. The maximum Gasteiger partial charge on any atom is 0.319 e. The first kappa shape index (κ1) is 32.4. The van der Waals surface area contributed by atoms with E-state index in [1.165, 1.54) is 11.3 Å². The van der Waals surface area contributed by atoms with E-state index >= 15 is 0 Å². The molecule has 1 aromatic heterocycles. The Balaban J connectivity index is 0.000000269. The third-order valence-electron chi connectivity index (χ3n) is 6.45. The van der Waals surface area contributed by atoms with Gasteiger partial charge in [0.1, 0.15) is 22.6 Å². The maximum atomic E-state index is 12.1. The summed E-state index contributed by atoms with van der Waals surface area (Å²) in [6.45, 7) is 11.6. The monoisotopic (exact) mass is 567 g/mol. The van der Waals surface area contributed by atoms with Gasteiger partial charge in [-0.25, -0.2) is 4.79 Å². The number of benzene rings is 1. The number of likely N-dealkylation sites (tertiary alicyclic amines) is 1. The lowest BCUT2D eigenvalue weighted by molar-refractivity contribution is -0.127. The first-order valence-electron chi connectivity index (χ1n) is 12.8. The Morgan fingerprint density at radius 3 is 2.30 bits per heavy atom. The van der Waals surface area contributed by atoms with Crippen molar-refractivity contribution in [3.8, 4) is 10.4 Å². The molecule has 0 saturated carbocycles. The van der Waals surface area contributed by atoms with Crippen molar-refractivity contribution in [3.05, 3.63) is 78.1 Å². The van der Waals surface area contributed by atoms with E-state index in [0.717, 1.165) is 49.8 Å². The van der Waals surface area contributed by atoms with Gasteiger partial charge in [-0.3, -0.25) is 19.7 Å². The zero-order valence-corrected chi connectivity index (χ0v) is 24.0. The lowest BCUT2D eigenvalue weighted by Crippen LogP contribution is -2.47.